The molecule has 21 heavy (non-hydrogen) atoms. The molecule has 0 aliphatic rings. The summed E-state index contributed by atoms with van der Waals surface area (Å²) in [6, 6.07) is 5.15. The van der Waals surface area contributed by atoms with Crippen LogP contribution in [0.4, 0.5) is 5.69 Å². The van der Waals surface area contributed by atoms with Crippen LogP contribution >= 0.6 is 0 Å². The molecule has 0 saturated carbocycles. The third-order valence-electron chi connectivity index (χ3n) is 2.68. The number of nitrogens with zero attached hydrogens (tertiary/aromatic N) is 2. The van der Waals surface area contributed by atoms with Crippen molar-refractivity contribution in [1.82, 2.24) is 9.97 Å². The van der Waals surface area contributed by atoms with E-state index in [0.717, 1.165) is 0 Å². The number of carbonyl (C=O) groups excluding carboxylic acids is 1. The fraction of sp³-hybridized carbons (Fsp3) is 0.214. The van der Waals surface area contributed by atoms with Gasteiger partial charge in [-0.25, -0.2) is 9.97 Å². The number of methoxy groups -OCH3 is 3. The molecular weight excluding hydrogens is 274 g/mol. The second kappa shape index (κ2) is 6.56. The predicted molar refractivity (Wildman–Crippen MR) is 76.1 cm³/mol. The van der Waals surface area contributed by atoms with E-state index in [1.54, 1.807) is 18.2 Å². The minimum absolute atomic E-state index is 0.232. The standard InChI is InChI=1S/C14H15N3O4/c1-19-11-4-9(5-12(6-11)20-2)13(18)17-10-7-15-14(21-3)16-8-10/h4-8H,1-3H3,(H,17,18). The third kappa shape index (κ3) is 3.59. The van der Waals surface area contributed by atoms with Crippen LogP contribution in [-0.2, 0) is 0 Å². The Hall–Kier alpha value is -2.83. The van der Waals surface area contributed by atoms with E-state index in [9.17, 15) is 4.79 Å². The molecule has 0 aliphatic heterocycles. The molecule has 1 amide bonds. The van der Waals surface area contributed by atoms with Crippen LogP contribution < -0.4 is 19.5 Å². The molecular formula is C14H15N3O4. The van der Waals surface area contributed by atoms with Crippen molar-refractivity contribution in [3.05, 3.63) is 36.2 Å². The molecule has 0 unspecified atom stereocenters. The summed E-state index contributed by atoms with van der Waals surface area (Å²) in [5.41, 5.74) is 0.865. The van der Waals surface area contributed by atoms with E-state index in [4.69, 9.17) is 14.2 Å². The molecule has 1 heterocycles. The quantitative estimate of drug-likeness (QED) is 0.903. The van der Waals surface area contributed by atoms with Gasteiger partial charge in [-0.15, -0.1) is 0 Å². The maximum Gasteiger partial charge on any atom is 0.316 e. The van der Waals surface area contributed by atoms with Crippen LogP contribution in [0.1, 0.15) is 10.4 Å². The zero-order valence-corrected chi connectivity index (χ0v) is 11.9. The number of amides is 1. The number of carbonyl (C=O) groups is 1. The summed E-state index contributed by atoms with van der Waals surface area (Å²) in [6.07, 6.45) is 2.92. The predicted octanol–water partition coefficient (Wildman–Crippen LogP) is 1.75. The van der Waals surface area contributed by atoms with Crippen molar-refractivity contribution in [2.45, 2.75) is 0 Å². The summed E-state index contributed by atoms with van der Waals surface area (Å²) < 4.78 is 15.1. The minimum Gasteiger partial charge on any atom is -0.497 e. The molecule has 2 aromatic rings. The van der Waals surface area contributed by atoms with E-state index in [1.165, 1.54) is 33.7 Å². The molecule has 1 aromatic heterocycles. The molecule has 2 rings (SSSR count). The average molecular weight is 289 g/mol. The SMILES string of the molecule is COc1cc(OC)cc(C(=O)Nc2cnc(OC)nc2)c1. The van der Waals surface area contributed by atoms with Gasteiger partial charge in [0.2, 0.25) is 0 Å². The normalized spacial score (nSPS) is 9.86. The Balaban J connectivity index is 2.18. The van der Waals surface area contributed by atoms with E-state index in [2.05, 4.69) is 15.3 Å². The molecule has 1 aromatic carbocycles. The number of rotatable bonds is 5. The van der Waals surface area contributed by atoms with Gasteiger partial charge in [-0.3, -0.25) is 4.79 Å². The first kappa shape index (κ1) is 14.6. The van der Waals surface area contributed by atoms with Gasteiger partial charge in [-0.05, 0) is 12.1 Å². The second-order valence-electron chi connectivity index (χ2n) is 4.01. The number of ether oxygens (including phenoxy) is 3. The summed E-state index contributed by atoms with van der Waals surface area (Å²) in [4.78, 5) is 20.0. The first-order chi connectivity index (χ1) is 10.2. The third-order valence-corrected chi connectivity index (χ3v) is 2.68. The highest BCUT2D eigenvalue weighted by Gasteiger charge is 2.10. The topological polar surface area (TPSA) is 82.6 Å². The van der Waals surface area contributed by atoms with Crippen molar-refractivity contribution in [3.8, 4) is 17.5 Å². The fourth-order valence-electron chi connectivity index (χ4n) is 1.63. The maximum absolute atomic E-state index is 12.2. The lowest BCUT2D eigenvalue weighted by Gasteiger charge is -2.09. The molecule has 0 spiro atoms. The first-order valence-corrected chi connectivity index (χ1v) is 6.06. The average Bonchev–Trinajstić information content (AvgIpc) is 2.54. The summed E-state index contributed by atoms with van der Waals surface area (Å²) in [6.45, 7) is 0. The van der Waals surface area contributed by atoms with E-state index in [0.29, 0.717) is 22.7 Å². The Morgan fingerprint density at radius 2 is 1.52 bits per heavy atom. The van der Waals surface area contributed by atoms with Gasteiger partial charge in [-0.1, -0.05) is 0 Å². The highest BCUT2D eigenvalue weighted by Crippen LogP contribution is 2.23. The first-order valence-electron chi connectivity index (χ1n) is 6.06. The van der Waals surface area contributed by atoms with Crippen LogP contribution in [0.5, 0.6) is 17.5 Å². The highest BCUT2D eigenvalue weighted by atomic mass is 16.5. The van der Waals surface area contributed by atoms with E-state index < -0.39 is 0 Å². The van der Waals surface area contributed by atoms with Gasteiger partial charge < -0.3 is 19.5 Å². The Morgan fingerprint density at radius 3 is 2.00 bits per heavy atom. The van der Waals surface area contributed by atoms with Crippen LogP contribution in [0.25, 0.3) is 0 Å². The Bertz CT molecular complexity index is 606. The molecule has 0 bridgehead atoms. The van der Waals surface area contributed by atoms with Crippen molar-refractivity contribution in [3.63, 3.8) is 0 Å². The van der Waals surface area contributed by atoms with Crippen molar-refractivity contribution < 1.29 is 19.0 Å². The van der Waals surface area contributed by atoms with Crippen LogP contribution in [0, 0.1) is 0 Å². The lowest BCUT2D eigenvalue weighted by Crippen LogP contribution is -2.12. The molecule has 0 fully saturated rings. The number of aromatic nitrogens is 2. The van der Waals surface area contributed by atoms with Gasteiger partial charge in [-0.2, -0.15) is 0 Å². The van der Waals surface area contributed by atoms with Crippen molar-refractivity contribution in [2.75, 3.05) is 26.6 Å². The molecule has 7 heteroatoms. The lowest BCUT2D eigenvalue weighted by atomic mass is 10.2. The molecule has 1 N–H and O–H groups in total. The largest absolute Gasteiger partial charge is 0.497 e. The number of hydrogen-bond donors (Lipinski definition) is 1. The van der Waals surface area contributed by atoms with E-state index in [1.807, 2.05) is 0 Å². The summed E-state index contributed by atoms with van der Waals surface area (Å²) >= 11 is 0. The van der Waals surface area contributed by atoms with Crippen molar-refractivity contribution >= 4 is 11.6 Å². The van der Waals surface area contributed by atoms with Crippen LogP contribution in [0.2, 0.25) is 0 Å². The monoisotopic (exact) mass is 289 g/mol. The smallest absolute Gasteiger partial charge is 0.316 e. The molecule has 0 aliphatic carbocycles. The Morgan fingerprint density at radius 1 is 0.952 bits per heavy atom. The van der Waals surface area contributed by atoms with Crippen LogP contribution in [0.15, 0.2) is 30.6 Å². The van der Waals surface area contributed by atoms with Crippen LogP contribution in [0.3, 0.4) is 0 Å². The molecule has 0 atom stereocenters. The number of hydrogen-bond acceptors (Lipinski definition) is 6. The Kier molecular flexibility index (Phi) is 4.55. The van der Waals surface area contributed by atoms with Crippen LogP contribution in [-0.4, -0.2) is 37.2 Å². The zero-order chi connectivity index (χ0) is 15.2. The maximum atomic E-state index is 12.2. The fourth-order valence-corrected chi connectivity index (χ4v) is 1.63. The van der Waals surface area contributed by atoms with Gasteiger partial charge >= 0.3 is 6.01 Å². The van der Waals surface area contributed by atoms with Gasteiger partial charge in [0, 0.05) is 11.6 Å². The lowest BCUT2D eigenvalue weighted by molar-refractivity contribution is 0.102. The summed E-state index contributed by atoms with van der Waals surface area (Å²) in [5.74, 6) is 0.747. The Labute approximate surface area is 121 Å². The van der Waals surface area contributed by atoms with Crippen molar-refractivity contribution in [2.24, 2.45) is 0 Å². The van der Waals surface area contributed by atoms with E-state index >= 15 is 0 Å². The highest BCUT2D eigenvalue weighted by molar-refractivity contribution is 6.04. The molecule has 0 radical (unpaired) electrons. The van der Waals surface area contributed by atoms with Gasteiger partial charge in [0.05, 0.1) is 39.4 Å². The second-order valence-corrected chi connectivity index (χ2v) is 4.01. The van der Waals surface area contributed by atoms with Gasteiger partial charge in [0.15, 0.2) is 0 Å². The van der Waals surface area contributed by atoms with Gasteiger partial charge in [0.25, 0.3) is 5.91 Å². The molecule has 110 valence electrons. The number of anilines is 1. The number of nitrogens with one attached hydrogen (secondary N) is 1. The molecule has 0 saturated heterocycles. The van der Waals surface area contributed by atoms with E-state index in [-0.39, 0.29) is 11.9 Å². The number of benzene rings is 1. The summed E-state index contributed by atoms with van der Waals surface area (Å²) in [5, 5.41) is 2.68. The van der Waals surface area contributed by atoms with Gasteiger partial charge in [0.1, 0.15) is 11.5 Å². The summed E-state index contributed by atoms with van der Waals surface area (Å²) in [7, 11) is 4.51. The minimum atomic E-state index is -0.319. The van der Waals surface area contributed by atoms with Crippen molar-refractivity contribution in [1.29, 1.82) is 0 Å². The zero-order valence-electron chi connectivity index (χ0n) is 11.9. The molecule has 7 nitrogen and oxygen atoms in total.